The lowest BCUT2D eigenvalue weighted by Gasteiger charge is -2.06. The van der Waals surface area contributed by atoms with E-state index in [1.807, 2.05) is 0 Å². The average Bonchev–Trinajstić information content (AvgIpc) is 2.47. The van der Waals surface area contributed by atoms with Gasteiger partial charge in [-0.25, -0.2) is 4.98 Å². The summed E-state index contributed by atoms with van der Waals surface area (Å²) in [4.78, 5) is 39.4. The number of aromatic nitrogens is 2. The highest BCUT2D eigenvalue weighted by atomic mass is 79.9. The quantitative estimate of drug-likeness (QED) is 0.353. The molecule has 0 radical (unpaired) electrons. The second-order valence-electron chi connectivity index (χ2n) is 4.00. The predicted molar refractivity (Wildman–Crippen MR) is 85.0 cm³/mol. The zero-order valence-corrected chi connectivity index (χ0v) is 13.3. The fraction of sp³-hybridized carbons (Fsp3) is 0.0833. The van der Waals surface area contributed by atoms with Crippen molar-refractivity contribution in [3.8, 4) is 0 Å². The van der Waals surface area contributed by atoms with Crippen molar-refractivity contribution in [1.82, 2.24) is 9.97 Å². The number of nitro benzene ring substituents is 1. The molecule has 2 N–H and O–H groups in total. The lowest BCUT2D eigenvalue weighted by atomic mass is 10.3. The first-order valence-electron chi connectivity index (χ1n) is 5.87. The summed E-state index contributed by atoms with van der Waals surface area (Å²) in [7, 11) is 0. The number of nitro groups is 1. The van der Waals surface area contributed by atoms with Gasteiger partial charge in [0.1, 0.15) is 0 Å². The number of hydrogen-bond donors (Lipinski definition) is 2. The zero-order valence-electron chi connectivity index (χ0n) is 10.9. The molecule has 1 aromatic heterocycles. The van der Waals surface area contributed by atoms with Crippen molar-refractivity contribution in [2.75, 3.05) is 11.1 Å². The largest absolute Gasteiger partial charge is 0.324 e. The second-order valence-corrected chi connectivity index (χ2v) is 5.82. The number of aromatic amines is 1. The summed E-state index contributed by atoms with van der Waals surface area (Å²) in [6, 6.07) is 5.31. The predicted octanol–water partition coefficient (Wildman–Crippen LogP) is 2.17. The smallest absolute Gasteiger partial charge is 0.270 e. The van der Waals surface area contributed by atoms with Gasteiger partial charge in [0.25, 0.3) is 11.2 Å². The number of hydrogen-bond acceptors (Lipinski definition) is 6. The molecule has 0 saturated heterocycles. The van der Waals surface area contributed by atoms with Crippen LogP contribution in [-0.4, -0.2) is 26.6 Å². The summed E-state index contributed by atoms with van der Waals surface area (Å²) in [6.07, 6.45) is 1.35. The topological polar surface area (TPSA) is 118 Å². The van der Waals surface area contributed by atoms with Gasteiger partial charge in [-0.3, -0.25) is 19.7 Å². The molecule has 0 aliphatic carbocycles. The number of anilines is 1. The summed E-state index contributed by atoms with van der Waals surface area (Å²) in [6.45, 7) is 0. The third-order valence-electron chi connectivity index (χ3n) is 2.43. The first-order valence-corrected chi connectivity index (χ1v) is 7.65. The maximum absolute atomic E-state index is 11.8. The molecule has 114 valence electrons. The molecule has 1 aromatic carbocycles. The van der Waals surface area contributed by atoms with Crippen LogP contribution in [0.3, 0.4) is 0 Å². The third-order valence-corrected chi connectivity index (χ3v) is 3.97. The van der Waals surface area contributed by atoms with Crippen LogP contribution in [0.1, 0.15) is 0 Å². The average molecular weight is 385 g/mol. The number of carbonyl (C=O) groups excluding carboxylic acids is 1. The Balaban J connectivity index is 1.97. The van der Waals surface area contributed by atoms with Crippen molar-refractivity contribution in [2.24, 2.45) is 0 Å². The number of H-pyrrole nitrogens is 1. The monoisotopic (exact) mass is 384 g/mol. The van der Waals surface area contributed by atoms with Gasteiger partial charge in [-0.15, -0.1) is 0 Å². The van der Waals surface area contributed by atoms with Gasteiger partial charge in [-0.05, 0) is 22.0 Å². The van der Waals surface area contributed by atoms with E-state index in [1.165, 1.54) is 30.5 Å². The second kappa shape index (κ2) is 7.18. The standard InChI is InChI=1S/C12H9BrN4O4S/c13-8-5-7(17(20)21)1-2-9(8)15-11(19)6-22-12-14-4-3-10(18)16-12/h1-5H,6H2,(H,15,19)(H,14,16,18). The van der Waals surface area contributed by atoms with E-state index in [9.17, 15) is 19.7 Å². The van der Waals surface area contributed by atoms with E-state index in [0.29, 0.717) is 15.3 Å². The molecule has 0 unspecified atom stereocenters. The van der Waals surface area contributed by atoms with Gasteiger partial charge in [-0.1, -0.05) is 11.8 Å². The van der Waals surface area contributed by atoms with Crippen molar-refractivity contribution in [3.05, 3.63) is 55.4 Å². The number of halogens is 1. The lowest BCUT2D eigenvalue weighted by molar-refractivity contribution is -0.384. The molecule has 2 aromatic rings. The normalized spacial score (nSPS) is 10.2. The molecule has 10 heteroatoms. The number of nitrogens with one attached hydrogen (secondary N) is 2. The Morgan fingerprint density at radius 1 is 1.45 bits per heavy atom. The molecule has 1 heterocycles. The van der Waals surface area contributed by atoms with E-state index in [1.54, 1.807) is 0 Å². The SMILES string of the molecule is O=C(CSc1nccc(=O)[nH]1)Nc1ccc([N+](=O)[O-])cc1Br. The van der Waals surface area contributed by atoms with E-state index in [0.717, 1.165) is 11.8 Å². The summed E-state index contributed by atoms with van der Waals surface area (Å²) in [5, 5.41) is 13.6. The number of nitrogens with zero attached hydrogens (tertiary/aromatic N) is 2. The van der Waals surface area contributed by atoms with Gasteiger partial charge >= 0.3 is 0 Å². The van der Waals surface area contributed by atoms with Crippen LogP contribution in [0.4, 0.5) is 11.4 Å². The van der Waals surface area contributed by atoms with Crippen LogP contribution >= 0.6 is 27.7 Å². The van der Waals surface area contributed by atoms with Crippen LogP contribution in [0, 0.1) is 10.1 Å². The van der Waals surface area contributed by atoms with E-state index >= 15 is 0 Å². The van der Waals surface area contributed by atoms with Gasteiger partial charge in [0.05, 0.1) is 16.4 Å². The highest BCUT2D eigenvalue weighted by molar-refractivity contribution is 9.10. The Morgan fingerprint density at radius 2 is 2.23 bits per heavy atom. The minimum Gasteiger partial charge on any atom is -0.324 e. The molecule has 0 fully saturated rings. The van der Waals surface area contributed by atoms with Crippen LogP contribution in [-0.2, 0) is 4.79 Å². The minimum absolute atomic E-state index is 0.0381. The molecule has 0 atom stereocenters. The van der Waals surface area contributed by atoms with Crippen molar-refractivity contribution >= 4 is 45.0 Å². The van der Waals surface area contributed by atoms with Crippen LogP contribution in [0.15, 0.2) is 44.9 Å². The lowest BCUT2D eigenvalue weighted by Crippen LogP contribution is -2.15. The third kappa shape index (κ3) is 4.40. The number of benzene rings is 1. The molecule has 2 rings (SSSR count). The van der Waals surface area contributed by atoms with Gasteiger partial charge in [0.2, 0.25) is 5.91 Å². The molecule has 0 spiro atoms. The number of rotatable bonds is 5. The summed E-state index contributed by atoms with van der Waals surface area (Å²) < 4.78 is 0.409. The summed E-state index contributed by atoms with van der Waals surface area (Å²) in [5.74, 6) is -0.290. The molecule has 1 amide bonds. The molecule has 0 bridgehead atoms. The maximum Gasteiger partial charge on any atom is 0.270 e. The van der Waals surface area contributed by atoms with Gasteiger partial charge < -0.3 is 10.3 Å². The molecule has 22 heavy (non-hydrogen) atoms. The van der Waals surface area contributed by atoms with Crippen LogP contribution < -0.4 is 10.9 Å². The number of thioether (sulfide) groups is 1. The molecule has 8 nitrogen and oxygen atoms in total. The molecule has 0 aliphatic rings. The Morgan fingerprint density at radius 3 is 2.86 bits per heavy atom. The molecule has 0 saturated carbocycles. The Hall–Kier alpha value is -2.20. The first-order chi connectivity index (χ1) is 10.5. The highest BCUT2D eigenvalue weighted by Crippen LogP contribution is 2.27. The van der Waals surface area contributed by atoms with Crippen molar-refractivity contribution in [1.29, 1.82) is 0 Å². The van der Waals surface area contributed by atoms with Crippen molar-refractivity contribution in [3.63, 3.8) is 0 Å². The Labute approximate surface area is 136 Å². The van der Waals surface area contributed by atoms with E-state index < -0.39 is 4.92 Å². The van der Waals surface area contributed by atoms with Crippen LogP contribution in [0.2, 0.25) is 0 Å². The van der Waals surface area contributed by atoms with E-state index in [-0.39, 0.29) is 22.9 Å². The molecular formula is C12H9BrN4O4S. The number of carbonyl (C=O) groups is 1. The van der Waals surface area contributed by atoms with Gasteiger partial charge in [-0.2, -0.15) is 0 Å². The highest BCUT2D eigenvalue weighted by Gasteiger charge is 2.11. The Kier molecular flexibility index (Phi) is 5.28. The van der Waals surface area contributed by atoms with Crippen molar-refractivity contribution in [2.45, 2.75) is 5.16 Å². The van der Waals surface area contributed by atoms with E-state index in [2.05, 4.69) is 31.2 Å². The fourth-order valence-corrected chi connectivity index (χ4v) is 2.58. The van der Waals surface area contributed by atoms with E-state index in [4.69, 9.17) is 0 Å². The van der Waals surface area contributed by atoms with Crippen LogP contribution in [0.5, 0.6) is 0 Å². The molecular weight excluding hydrogens is 376 g/mol. The minimum atomic E-state index is -0.524. The van der Waals surface area contributed by atoms with Crippen LogP contribution in [0.25, 0.3) is 0 Å². The Bertz CT molecular complexity index is 780. The van der Waals surface area contributed by atoms with Gasteiger partial charge in [0.15, 0.2) is 5.16 Å². The van der Waals surface area contributed by atoms with Gasteiger partial charge in [0, 0.05) is 28.9 Å². The fourth-order valence-electron chi connectivity index (χ4n) is 1.46. The first kappa shape index (κ1) is 16.2. The van der Waals surface area contributed by atoms with Crippen molar-refractivity contribution < 1.29 is 9.72 Å². The molecule has 0 aliphatic heterocycles. The zero-order chi connectivity index (χ0) is 16.1. The number of amides is 1. The maximum atomic E-state index is 11.8. The summed E-state index contributed by atoms with van der Waals surface area (Å²) >= 11 is 4.24. The summed E-state index contributed by atoms with van der Waals surface area (Å²) in [5.41, 5.74) is 0.0482. The number of non-ortho nitro benzene ring substituents is 1.